The zero-order valence-corrected chi connectivity index (χ0v) is 5.59. The van der Waals surface area contributed by atoms with Crippen LogP contribution < -0.4 is 10.7 Å². The van der Waals surface area contributed by atoms with E-state index in [1.807, 2.05) is 0 Å². The van der Waals surface area contributed by atoms with Crippen LogP contribution in [0, 0.1) is 4.91 Å². The molecule has 6 heteroatoms. The first kappa shape index (κ1) is 8.83. The minimum absolute atomic E-state index is 0.359. The smallest absolute Gasteiger partial charge is 0.337 e. The van der Waals surface area contributed by atoms with E-state index in [-0.39, 0.29) is 0 Å². The lowest BCUT2D eigenvalue weighted by atomic mass is 10.7. The van der Waals surface area contributed by atoms with E-state index in [2.05, 4.69) is 15.3 Å². The summed E-state index contributed by atoms with van der Waals surface area (Å²) in [7, 11) is 1.51. The van der Waals surface area contributed by atoms with Gasteiger partial charge in [-0.1, -0.05) is 0 Å². The molecule has 0 aliphatic rings. The first-order chi connectivity index (χ1) is 4.81. The number of ether oxygens (including phenoxy) is 1. The number of carbonyl (C=O) groups is 1. The summed E-state index contributed by atoms with van der Waals surface area (Å²) in [4.78, 5) is 19.7. The molecule has 0 fully saturated rings. The number of hydrogen-bond acceptors (Lipinski definition) is 4. The van der Waals surface area contributed by atoms with Gasteiger partial charge in [0.2, 0.25) is 0 Å². The number of methoxy groups -OCH3 is 1. The SMILES string of the molecule is COCCNC(=O)NN=O. The molecule has 0 aromatic rings. The number of nitroso groups, excluding NO2 is 1. The average Bonchev–Trinajstić information content (AvgIpc) is 1.89. The van der Waals surface area contributed by atoms with Gasteiger partial charge in [-0.15, -0.1) is 4.91 Å². The fraction of sp³-hybridized carbons (Fsp3) is 0.750. The maximum Gasteiger partial charge on any atom is 0.337 e. The van der Waals surface area contributed by atoms with Crippen molar-refractivity contribution >= 4 is 6.03 Å². The van der Waals surface area contributed by atoms with Crippen molar-refractivity contribution in [3.05, 3.63) is 4.91 Å². The molecule has 0 atom stereocenters. The monoisotopic (exact) mass is 147 g/mol. The zero-order chi connectivity index (χ0) is 7.82. The molecule has 0 aliphatic heterocycles. The lowest BCUT2D eigenvalue weighted by molar-refractivity contribution is 0.196. The van der Waals surface area contributed by atoms with Gasteiger partial charge in [-0.2, -0.15) is 5.43 Å². The summed E-state index contributed by atoms with van der Waals surface area (Å²) in [5.41, 5.74) is 1.67. The molecule has 0 saturated carbocycles. The van der Waals surface area contributed by atoms with Crippen LogP contribution >= 0.6 is 0 Å². The predicted molar refractivity (Wildman–Crippen MR) is 34.2 cm³/mol. The molecule has 0 aliphatic carbocycles. The quantitative estimate of drug-likeness (QED) is 0.323. The summed E-state index contributed by atoms with van der Waals surface area (Å²) >= 11 is 0. The van der Waals surface area contributed by atoms with Gasteiger partial charge >= 0.3 is 6.03 Å². The maximum absolute atomic E-state index is 10.3. The third-order valence-electron chi connectivity index (χ3n) is 0.739. The van der Waals surface area contributed by atoms with Crippen molar-refractivity contribution < 1.29 is 9.53 Å². The fourth-order valence-corrected chi connectivity index (χ4v) is 0.348. The molecule has 10 heavy (non-hydrogen) atoms. The van der Waals surface area contributed by atoms with E-state index in [0.29, 0.717) is 13.2 Å². The summed E-state index contributed by atoms with van der Waals surface area (Å²) in [5.74, 6) is 0. The maximum atomic E-state index is 10.3. The zero-order valence-electron chi connectivity index (χ0n) is 5.59. The Hall–Kier alpha value is -1.17. The Morgan fingerprint density at radius 2 is 2.40 bits per heavy atom. The Labute approximate surface area is 57.9 Å². The third kappa shape index (κ3) is 4.98. The highest BCUT2D eigenvalue weighted by molar-refractivity contribution is 5.73. The highest BCUT2D eigenvalue weighted by atomic mass is 16.5. The van der Waals surface area contributed by atoms with Crippen molar-refractivity contribution in [1.82, 2.24) is 10.7 Å². The van der Waals surface area contributed by atoms with E-state index in [1.54, 1.807) is 5.43 Å². The molecule has 0 rings (SSSR count). The van der Waals surface area contributed by atoms with Gasteiger partial charge in [0.15, 0.2) is 0 Å². The molecule has 0 radical (unpaired) electrons. The molecule has 0 bridgehead atoms. The van der Waals surface area contributed by atoms with Crippen LogP contribution in [0.1, 0.15) is 0 Å². The van der Waals surface area contributed by atoms with Crippen LogP contribution in [-0.4, -0.2) is 26.3 Å². The van der Waals surface area contributed by atoms with Crippen LogP contribution in [0.15, 0.2) is 5.29 Å². The standard InChI is InChI=1S/C4H9N3O3/c1-10-3-2-5-4(8)6-7-9/h2-3H2,1H3,(H2,5,6,8,9). The fourth-order valence-electron chi connectivity index (χ4n) is 0.348. The summed E-state index contributed by atoms with van der Waals surface area (Å²) < 4.78 is 4.62. The van der Waals surface area contributed by atoms with Crippen LogP contribution in [-0.2, 0) is 4.74 Å². The third-order valence-corrected chi connectivity index (χ3v) is 0.739. The topological polar surface area (TPSA) is 79.8 Å². The Kier molecular flexibility index (Phi) is 5.26. The van der Waals surface area contributed by atoms with E-state index in [4.69, 9.17) is 0 Å². The van der Waals surface area contributed by atoms with Crippen molar-refractivity contribution in [2.45, 2.75) is 0 Å². The molecular weight excluding hydrogens is 138 g/mol. The largest absolute Gasteiger partial charge is 0.383 e. The number of amides is 2. The van der Waals surface area contributed by atoms with E-state index in [9.17, 15) is 9.70 Å². The number of rotatable bonds is 4. The average molecular weight is 147 g/mol. The number of carbonyl (C=O) groups excluding carboxylic acids is 1. The highest BCUT2D eigenvalue weighted by Gasteiger charge is 1.94. The molecule has 6 nitrogen and oxygen atoms in total. The van der Waals surface area contributed by atoms with Gasteiger partial charge in [0.25, 0.3) is 0 Å². The van der Waals surface area contributed by atoms with Gasteiger partial charge in [-0.3, -0.25) is 0 Å². The van der Waals surface area contributed by atoms with Gasteiger partial charge in [-0.05, 0) is 0 Å². The highest BCUT2D eigenvalue weighted by Crippen LogP contribution is 1.66. The van der Waals surface area contributed by atoms with Crippen LogP contribution in [0.3, 0.4) is 0 Å². The molecule has 0 unspecified atom stereocenters. The second kappa shape index (κ2) is 5.96. The summed E-state index contributed by atoms with van der Waals surface area (Å²) in [6, 6.07) is -0.618. The minimum atomic E-state index is -0.618. The van der Waals surface area contributed by atoms with Crippen molar-refractivity contribution in [1.29, 1.82) is 0 Å². The van der Waals surface area contributed by atoms with Crippen LogP contribution in [0.4, 0.5) is 4.79 Å². The second-order valence-corrected chi connectivity index (χ2v) is 1.45. The van der Waals surface area contributed by atoms with Crippen LogP contribution in [0.5, 0.6) is 0 Å². The molecule has 0 heterocycles. The van der Waals surface area contributed by atoms with Crippen molar-refractivity contribution in [3.8, 4) is 0 Å². The molecule has 0 saturated heterocycles. The normalized spacial score (nSPS) is 8.50. The molecule has 0 aromatic heterocycles. The summed E-state index contributed by atoms with van der Waals surface area (Å²) in [6.45, 7) is 0.768. The van der Waals surface area contributed by atoms with Crippen molar-refractivity contribution in [2.24, 2.45) is 5.29 Å². The molecular formula is C4H9N3O3. The Bertz CT molecular complexity index is 116. The van der Waals surface area contributed by atoms with E-state index >= 15 is 0 Å². The first-order valence-electron chi connectivity index (χ1n) is 2.66. The number of nitrogens with zero attached hydrogens (tertiary/aromatic N) is 1. The van der Waals surface area contributed by atoms with E-state index in [1.165, 1.54) is 7.11 Å². The van der Waals surface area contributed by atoms with E-state index in [0.717, 1.165) is 0 Å². The minimum Gasteiger partial charge on any atom is -0.383 e. The van der Waals surface area contributed by atoms with Gasteiger partial charge in [-0.25, -0.2) is 4.79 Å². The second-order valence-electron chi connectivity index (χ2n) is 1.45. The molecule has 2 N–H and O–H groups in total. The number of urea groups is 1. The van der Waals surface area contributed by atoms with Crippen molar-refractivity contribution in [3.63, 3.8) is 0 Å². The molecule has 0 aromatic carbocycles. The van der Waals surface area contributed by atoms with E-state index < -0.39 is 6.03 Å². The predicted octanol–water partition coefficient (Wildman–Crippen LogP) is -0.387. The lowest BCUT2D eigenvalue weighted by Crippen LogP contribution is -2.34. The molecule has 0 spiro atoms. The molecule has 58 valence electrons. The Morgan fingerprint density at radius 1 is 1.70 bits per heavy atom. The van der Waals surface area contributed by atoms with Crippen LogP contribution in [0.25, 0.3) is 0 Å². The summed E-state index contributed by atoms with van der Waals surface area (Å²) in [6.07, 6.45) is 0. The van der Waals surface area contributed by atoms with Crippen molar-refractivity contribution in [2.75, 3.05) is 20.3 Å². The van der Waals surface area contributed by atoms with Gasteiger partial charge in [0.1, 0.15) is 0 Å². The number of hydrogen-bond donors (Lipinski definition) is 2. The Morgan fingerprint density at radius 3 is 2.90 bits per heavy atom. The first-order valence-corrected chi connectivity index (χ1v) is 2.66. The lowest BCUT2D eigenvalue weighted by Gasteiger charge is -1.99. The number of nitrogens with one attached hydrogen (secondary N) is 2. The van der Waals surface area contributed by atoms with Gasteiger partial charge < -0.3 is 10.1 Å². The molecule has 2 amide bonds. The summed E-state index contributed by atoms with van der Waals surface area (Å²) in [5, 5.41) is 4.48. The van der Waals surface area contributed by atoms with Gasteiger partial charge in [0, 0.05) is 13.7 Å². The Balaban J connectivity index is 3.13. The van der Waals surface area contributed by atoms with Gasteiger partial charge in [0.05, 0.1) is 11.9 Å². The van der Waals surface area contributed by atoms with Crippen LogP contribution in [0.2, 0.25) is 0 Å².